The molecule has 0 aliphatic rings. The molecule has 0 saturated carbocycles. The number of hydrogen-bond donors (Lipinski definition) is 2. The highest BCUT2D eigenvalue weighted by Crippen LogP contribution is 2.32. The van der Waals surface area contributed by atoms with E-state index < -0.39 is 11.2 Å². The average Bonchev–Trinajstić information content (AvgIpc) is 2.94. The van der Waals surface area contributed by atoms with Crippen molar-refractivity contribution in [3.8, 4) is 0 Å². The van der Waals surface area contributed by atoms with E-state index in [1.54, 1.807) is 33.0 Å². The molecule has 8 heteroatoms. The molecule has 1 aromatic heterocycles. The Hall–Kier alpha value is -2.35. The third-order valence-corrected chi connectivity index (χ3v) is 4.66. The second kappa shape index (κ2) is 8.35. The quantitative estimate of drug-likeness (QED) is 0.809. The number of aromatic nitrogens is 2. The average molecular weight is 378 g/mol. The Morgan fingerprint density at radius 3 is 2.65 bits per heavy atom. The van der Waals surface area contributed by atoms with Crippen LogP contribution in [0.4, 0.5) is 10.1 Å². The molecule has 1 aromatic carbocycles. The fourth-order valence-corrected chi connectivity index (χ4v) is 2.88. The molecule has 1 heterocycles. The van der Waals surface area contributed by atoms with Gasteiger partial charge in [0, 0.05) is 42.7 Å². The summed E-state index contributed by atoms with van der Waals surface area (Å²) in [5, 5.41) is 6.15. The fraction of sp³-hybridized carbons (Fsp3) is 0.389. The van der Waals surface area contributed by atoms with Gasteiger partial charge in [-0.25, -0.2) is 9.37 Å². The van der Waals surface area contributed by atoms with E-state index in [4.69, 9.17) is 0 Å². The van der Waals surface area contributed by atoms with Crippen molar-refractivity contribution in [3.05, 3.63) is 36.4 Å². The van der Waals surface area contributed by atoms with Gasteiger partial charge in [-0.3, -0.25) is 9.59 Å². The van der Waals surface area contributed by atoms with Crippen molar-refractivity contribution >= 4 is 29.3 Å². The van der Waals surface area contributed by atoms with Gasteiger partial charge in [-0.05, 0) is 30.0 Å². The summed E-state index contributed by atoms with van der Waals surface area (Å²) in [5.41, 5.74) is -0.129. The Morgan fingerprint density at radius 2 is 2.04 bits per heavy atom. The predicted molar refractivity (Wildman–Crippen MR) is 99.4 cm³/mol. The molecule has 0 unspecified atom stereocenters. The number of anilines is 1. The van der Waals surface area contributed by atoms with Crippen LogP contribution >= 0.6 is 11.8 Å². The van der Waals surface area contributed by atoms with Crippen molar-refractivity contribution < 1.29 is 14.0 Å². The molecule has 140 valence electrons. The molecule has 0 aliphatic carbocycles. The maximum Gasteiger partial charge on any atom is 0.226 e. The zero-order chi connectivity index (χ0) is 19.3. The van der Waals surface area contributed by atoms with Crippen molar-refractivity contribution in [2.24, 2.45) is 12.5 Å². The number of carbonyl (C=O) groups excluding carboxylic acids is 2. The topological polar surface area (TPSA) is 76.0 Å². The molecule has 2 rings (SSSR count). The van der Waals surface area contributed by atoms with Gasteiger partial charge in [0.05, 0.1) is 5.69 Å². The number of carbonyl (C=O) groups is 2. The van der Waals surface area contributed by atoms with Crippen LogP contribution < -0.4 is 10.6 Å². The maximum atomic E-state index is 13.6. The molecule has 0 radical (unpaired) electrons. The van der Waals surface area contributed by atoms with Crippen molar-refractivity contribution in [3.63, 3.8) is 0 Å². The summed E-state index contributed by atoms with van der Waals surface area (Å²) in [6, 6.07) is 4.22. The number of aryl methyl sites for hydroxylation is 1. The highest BCUT2D eigenvalue weighted by atomic mass is 32.2. The minimum absolute atomic E-state index is 0.102. The molecule has 2 aromatic rings. The Bertz CT molecular complexity index is 799. The summed E-state index contributed by atoms with van der Waals surface area (Å²) >= 11 is 1.33. The number of rotatable bonds is 6. The molecule has 0 spiro atoms. The number of nitrogens with zero attached hydrogens (tertiary/aromatic N) is 2. The number of benzene rings is 1. The van der Waals surface area contributed by atoms with Crippen LogP contribution in [-0.2, 0) is 16.6 Å². The summed E-state index contributed by atoms with van der Waals surface area (Å²) in [6.45, 7) is 5.63. The molecule has 0 atom stereocenters. The lowest BCUT2D eigenvalue weighted by atomic mass is 9.96. The minimum Gasteiger partial charge on any atom is -0.355 e. The van der Waals surface area contributed by atoms with E-state index in [1.807, 2.05) is 17.8 Å². The number of hydrogen-bond acceptors (Lipinski definition) is 4. The van der Waals surface area contributed by atoms with E-state index in [0.29, 0.717) is 10.6 Å². The van der Waals surface area contributed by atoms with Crippen molar-refractivity contribution in [1.82, 2.24) is 14.9 Å². The molecule has 2 N–H and O–H groups in total. The molecule has 6 nitrogen and oxygen atoms in total. The van der Waals surface area contributed by atoms with Crippen LogP contribution in [-0.4, -0.2) is 27.9 Å². The Labute approximate surface area is 156 Å². The summed E-state index contributed by atoms with van der Waals surface area (Å²) in [7, 11) is 1.86. The van der Waals surface area contributed by atoms with Crippen LogP contribution in [0.1, 0.15) is 27.2 Å². The van der Waals surface area contributed by atoms with E-state index in [-0.39, 0.29) is 24.8 Å². The van der Waals surface area contributed by atoms with Crippen molar-refractivity contribution in [2.75, 3.05) is 11.9 Å². The lowest BCUT2D eigenvalue weighted by Gasteiger charge is -2.17. The standard InChI is InChI=1S/C18H23FN4O2S/c1-18(2,3)16(25)20-8-7-15(24)22-13-11-12(19)5-6-14(13)26-17-21-9-10-23(17)4/h5-6,9-11H,7-8H2,1-4H3,(H,20,25)(H,22,24). The normalized spacial score (nSPS) is 11.3. The van der Waals surface area contributed by atoms with E-state index in [1.165, 1.54) is 23.9 Å². The van der Waals surface area contributed by atoms with Crippen LogP contribution in [0.3, 0.4) is 0 Å². The summed E-state index contributed by atoms with van der Waals surface area (Å²) < 4.78 is 15.4. The first-order chi connectivity index (χ1) is 12.2. The summed E-state index contributed by atoms with van der Waals surface area (Å²) in [4.78, 5) is 28.9. The summed E-state index contributed by atoms with van der Waals surface area (Å²) in [6.07, 6.45) is 3.58. The number of nitrogens with one attached hydrogen (secondary N) is 2. The number of amides is 2. The molecule has 0 bridgehead atoms. The minimum atomic E-state index is -0.509. The van der Waals surface area contributed by atoms with Crippen LogP contribution in [0.2, 0.25) is 0 Å². The highest BCUT2D eigenvalue weighted by molar-refractivity contribution is 7.99. The van der Waals surface area contributed by atoms with Crippen LogP contribution in [0.25, 0.3) is 0 Å². The third-order valence-electron chi connectivity index (χ3n) is 3.51. The SMILES string of the molecule is Cn1ccnc1Sc1ccc(F)cc1NC(=O)CCNC(=O)C(C)(C)C. The lowest BCUT2D eigenvalue weighted by molar-refractivity contribution is -0.128. The Kier molecular flexibility index (Phi) is 6.42. The van der Waals surface area contributed by atoms with Gasteiger partial charge in [-0.2, -0.15) is 0 Å². The van der Waals surface area contributed by atoms with Crippen molar-refractivity contribution in [2.45, 2.75) is 37.2 Å². The molecular formula is C18H23FN4O2S. The fourth-order valence-electron chi connectivity index (χ4n) is 2.00. The maximum absolute atomic E-state index is 13.6. The summed E-state index contributed by atoms with van der Waals surface area (Å²) in [5.74, 6) is -0.862. The largest absolute Gasteiger partial charge is 0.355 e. The van der Waals surface area contributed by atoms with Crippen LogP contribution in [0.5, 0.6) is 0 Å². The van der Waals surface area contributed by atoms with Crippen LogP contribution in [0.15, 0.2) is 40.6 Å². The molecule has 2 amide bonds. The first-order valence-corrected chi connectivity index (χ1v) is 9.01. The molecule has 26 heavy (non-hydrogen) atoms. The number of imidazole rings is 1. The first kappa shape index (κ1) is 20.0. The molecule has 0 fully saturated rings. The third kappa shape index (κ3) is 5.59. The van der Waals surface area contributed by atoms with Gasteiger partial charge in [0.2, 0.25) is 11.8 Å². The second-order valence-corrected chi connectivity index (χ2v) is 7.88. The Morgan fingerprint density at radius 1 is 1.31 bits per heavy atom. The van der Waals surface area contributed by atoms with Crippen molar-refractivity contribution in [1.29, 1.82) is 0 Å². The molecule has 0 saturated heterocycles. The number of halogens is 1. The van der Waals surface area contributed by atoms with Gasteiger partial charge in [0.25, 0.3) is 0 Å². The van der Waals surface area contributed by atoms with Gasteiger partial charge < -0.3 is 15.2 Å². The Balaban J connectivity index is 1.99. The molecule has 0 aliphatic heterocycles. The van der Waals surface area contributed by atoms with E-state index >= 15 is 0 Å². The smallest absolute Gasteiger partial charge is 0.226 e. The van der Waals surface area contributed by atoms with Gasteiger partial charge in [-0.1, -0.05) is 20.8 Å². The lowest BCUT2D eigenvalue weighted by Crippen LogP contribution is -2.36. The van der Waals surface area contributed by atoms with Gasteiger partial charge in [0.15, 0.2) is 5.16 Å². The van der Waals surface area contributed by atoms with Crippen LogP contribution in [0, 0.1) is 11.2 Å². The van der Waals surface area contributed by atoms with Gasteiger partial charge >= 0.3 is 0 Å². The zero-order valence-electron chi connectivity index (χ0n) is 15.3. The van der Waals surface area contributed by atoms with E-state index in [9.17, 15) is 14.0 Å². The zero-order valence-corrected chi connectivity index (χ0v) is 16.1. The first-order valence-electron chi connectivity index (χ1n) is 8.19. The second-order valence-electron chi connectivity index (χ2n) is 6.87. The highest BCUT2D eigenvalue weighted by Gasteiger charge is 2.20. The van der Waals surface area contributed by atoms with Gasteiger partial charge in [-0.15, -0.1) is 0 Å². The predicted octanol–water partition coefficient (Wildman–Crippen LogP) is 3.20. The monoisotopic (exact) mass is 378 g/mol. The van der Waals surface area contributed by atoms with Gasteiger partial charge in [0.1, 0.15) is 5.82 Å². The van der Waals surface area contributed by atoms with E-state index in [2.05, 4.69) is 15.6 Å². The molecular weight excluding hydrogens is 355 g/mol. The van der Waals surface area contributed by atoms with E-state index in [0.717, 1.165) is 5.16 Å².